The molecule has 0 spiro atoms. The molecule has 5 nitrogen and oxygen atoms in total. The summed E-state index contributed by atoms with van der Waals surface area (Å²) in [5.74, 6) is -0.872. The molecular weight excluding hydrogens is 290 g/mol. The van der Waals surface area contributed by atoms with Crippen molar-refractivity contribution in [3.8, 4) is 0 Å². The van der Waals surface area contributed by atoms with Crippen molar-refractivity contribution in [2.24, 2.45) is 5.92 Å². The fourth-order valence-electron chi connectivity index (χ4n) is 2.52. The van der Waals surface area contributed by atoms with Gasteiger partial charge in [0.25, 0.3) is 5.82 Å². The van der Waals surface area contributed by atoms with Gasteiger partial charge < -0.3 is 4.90 Å². The van der Waals surface area contributed by atoms with E-state index >= 15 is 0 Å². The van der Waals surface area contributed by atoms with Gasteiger partial charge in [-0.25, -0.2) is 0 Å². The van der Waals surface area contributed by atoms with Crippen LogP contribution >= 0.6 is 0 Å². The van der Waals surface area contributed by atoms with Crippen molar-refractivity contribution < 1.29 is 17.6 Å². The number of rotatable bonds is 2. The van der Waals surface area contributed by atoms with Crippen LogP contribution in [-0.4, -0.2) is 39.6 Å². The van der Waals surface area contributed by atoms with E-state index in [9.17, 15) is 17.6 Å². The van der Waals surface area contributed by atoms with Crippen LogP contribution in [0.15, 0.2) is 12.1 Å². The van der Waals surface area contributed by atoms with Gasteiger partial charge in [-0.15, -0.1) is 15.3 Å². The minimum Gasteiger partial charge on any atom is -0.355 e. The Bertz CT molecular complexity index is 638. The molecule has 0 amide bonds. The zero-order valence-corrected chi connectivity index (χ0v) is 11.0. The molecular formula is C12H13F4N5. The third kappa shape index (κ3) is 2.64. The summed E-state index contributed by atoms with van der Waals surface area (Å²) >= 11 is 0. The van der Waals surface area contributed by atoms with Crippen molar-refractivity contribution in [1.29, 1.82) is 0 Å². The number of halogens is 4. The summed E-state index contributed by atoms with van der Waals surface area (Å²) in [4.78, 5) is 1.80. The van der Waals surface area contributed by atoms with Crippen molar-refractivity contribution in [1.82, 2.24) is 19.8 Å². The van der Waals surface area contributed by atoms with Crippen LogP contribution in [-0.2, 0) is 6.18 Å². The van der Waals surface area contributed by atoms with Crippen LogP contribution in [0.3, 0.4) is 0 Å². The van der Waals surface area contributed by atoms with Gasteiger partial charge in [0.15, 0.2) is 5.65 Å². The van der Waals surface area contributed by atoms with Gasteiger partial charge >= 0.3 is 6.18 Å². The SMILES string of the molecule is FCC1CCCN(c2ccc3nnc(C(F)(F)F)n3n2)C1. The Morgan fingerprint density at radius 3 is 2.76 bits per heavy atom. The molecule has 114 valence electrons. The molecule has 1 saturated heterocycles. The van der Waals surface area contributed by atoms with Crippen molar-refractivity contribution in [2.45, 2.75) is 19.0 Å². The second-order valence-electron chi connectivity index (χ2n) is 5.09. The Balaban J connectivity index is 1.96. The normalized spacial score (nSPS) is 20.2. The lowest BCUT2D eigenvalue weighted by Crippen LogP contribution is -2.37. The molecule has 1 fully saturated rings. The monoisotopic (exact) mass is 303 g/mol. The molecule has 2 aromatic rings. The summed E-state index contributed by atoms with van der Waals surface area (Å²) in [5.41, 5.74) is 0.0325. The zero-order valence-electron chi connectivity index (χ0n) is 11.0. The minimum absolute atomic E-state index is 0.0325. The first-order chi connectivity index (χ1) is 9.99. The summed E-state index contributed by atoms with van der Waals surface area (Å²) in [5, 5.41) is 10.6. The number of aromatic nitrogens is 4. The van der Waals surface area contributed by atoms with Gasteiger partial charge in [0.05, 0.1) is 6.67 Å². The third-order valence-corrected chi connectivity index (χ3v) is 3.56. The topological polar surface area (TPSA) is 46.3 Å². The second-order valence-corrected chi connectivity index (χ2v) is 5.09. The fraction of sp³-hybridized carbons (Fsp3) is 0.583. The molecule has 1 aliphatic rings. The molecule has 3 heterocycles. The van der Waals surface area contributed by atoms with E-state index in [1.807, 2.05) is 0 Å². The Morgan fingerprint density at radius 2 is 2.05 bits per heavy atom. The predicted molar refractivity (Wildman–Crippen MR) is 66.7 cm³/mol. The largest absolute Gasteiger partial charge is 0.453 e. The molecule has 9 heteroatoms. The number of anilines is 1. The Labute approximate surface area is 117 Å². The standard InChI is InChI=1S/C12H13F4N5/c13-6-8-2-1-5-20(7-8)10-4-3-9-17-18-11(12(14,15)16)21(9)19-10/h3-4,8H,1-2,5-7H2. The zero-order chi connectivity index (χ0) is 15.0. The van der Waals surface area contributed by atoms with Gasteiger partial charge in [0.1, 0.15) is 5.82 Å². The van der Waals surface area contributed by atoms with E-state index in [0.717, 1.165) is 12.8 Å². The summed E-state index contributed by atoms with van der Waals surface area (Å²) in [7, 11) is 0. The van der Waals surface area contributed by atoms with Crippen LogP contribution in [0.4, 0.5) is 23.4 Å². The van der Waals surface area contributed by atoms with Gasteiger partial charge in [0, 0.05) is 19.0 Å². The number of nitrogens with zero attached hydrogens (tertiary/aromatic N) is 5. The number of hydrogen-bond acceptors (Lipinski definition) is 4. The molecule has 0 bridgehead atoms. The Morgan fingerprint density at radius 1 is 1.24 bits per heavy atom. The quantitative estimate of drug-likeness (QED) is 0.799. The first-order valence-corrected chi connectivity index (χ1v) is 6.59. The first kappa shape index (κ1) is 14.0. The van der Waals surface area contributed by atoms with Gasteiger partial charge in [-0.1, -0.05) is 0 Å². The van der Waals surface area contributed by atoms with Gasteiger partial charge in [-0.3, -0.25) is 4.39 Å². The van der Waals surface area contributed by atoms with Crippen molar-refractivity contribution in [3.63, 3.8) is 0 Å². The highest BCUT2D eigenvalue weighted by molar-refractivity contribution is 5.46. The van der Waals surface area contributed by atoms with E-state index in [2.05, 4.69) is 15.3 Å². The van der Waals surface area contributed by atoms with Crippen molar-refractivity contribution in [3.05, 3.63) is 18.0 Å². The molecule has 3 rings (SSSR count). The Hall–Kier alpha value is -1.93. The van der Waals surface area contributed by atoms with Crippen LogP contribution in [0.25, 0.3) is 5.65 Å². The molecule has 21 heavy (non-hydrogen) atoms. The summed E-state index contributed by atoms with van der Waals surface area (Å²) in [6, 6.07) is 3.02. The van der Waals surface area contributed by atoms with Crippen LogP contribution < -0.4 is 4.90 Å². The van der Waals surface area contributed by atoms with Crippen LogP contribution in [0.1, 0.15) is 18.7 Å². The minimum atomic E-state index is -4.62. The molecule has 0 aromatic carbocycles. The lowest BCUT2D eigenvalue weighted by atomic mass is 10.00. The van der Waals surface area contributed by atoms with Crippen LogP contribution in [0.2, 0.25) is 0 Å². The van der Waals surface area contributed by atoms with Gasteiger partial charge in [-0.2, -0.15) is 17.7 Å². The summed E-state index contributed by atoms with van der Waals surface area (Å²) in [6.45, 7) is 0.677. The molecule has 2 aromatic heterocycles. The molecule has 0 aliphatic carbocycles. The third-order valence-electron chi connectivity index (χ3n) is 3.56. The summed E-state index contributed by atoms with van der Waals surface area (Å²) in [6.07, 6.45) is -3.04. The average molecular weight is 303 g/mol. The highest BCUT2D eigenvalue weighted by Crippen LogP contribution is 2.28. The summed E-state index contributed by atoms with van der Waals surface area (Å²) < 4.78 is 51.9. The number of piperidine rings is 1. The predicted octanol–water partition coefficient (Wildman–Crippen LogP) is 2.33. The number of alkyl halides is 4. The van der Waals surface area contributed by atoms with E-state index in [4.69, 9.17) is 0 Å². The van der Waals surface area contributed by atoms with E-state index in [-0.39, 0.29) is 11.6 Å². The van der Waals surface area contributed by atoms with Crippen LogP contribution in [0.5, 0.6) is 0 Å². The first-order valence-electron chi connectivity index (χ1n) is 6.59. The van der Waals surface area contributed by atoms with E-state index < -0.39 is 18.7 Å². The number of fused-ring (bicyclic) bond motifs is 1. The molecule has 1 unspecified atom stereocenters. The lowest BCUT2D eigenvalue weighted by Gasteiger charge is -2.32. The van der Waals surface area contributed by atoms with E-state index in [1.54, 1.807) is 11.0 Å². The Kier molecular flexibility index (Phi) is 3.42. The molecule has 0 N–H and O–H groups in total. The molecule has 0 saturated carbocycles. The van der Waals surface area contributed by atoms with E-state index in [1.165, 1.54) is 6.07 Å². The molecule has 1 aliphatic heterocycles. The smallest absolute Gasteiger partial charge is 0.355 e. The number of hydrogen-bond donors (Lipinski definition) is 0. The van der Waals surface area contributed by atoms with Crippen molar-refractivity contribution in [2.75, 3.05) is 24.7 Å². The lowest BCUT2D eigenvalue weighted by molar-refractivity contribution is -0.146. The van der Waals surface area contributed by atoms with Crippen LogP contribution in [0, 0.1) is 5.92 Å². The maximum Gasteiger partial charge on any atom is 0.453 e. The van der Waals surface area contributed by atoms with Crippen molar-refractivity contribution >= 4 is 11.5 Å². The maximum absolute atomic E-state index is 12.8. The van der Waals surface area contributed by atoms with E-state index in [0.29, 0.717) is 23.4 Å². The van der Waals surface area contributed by atoms with Gasteiger partial charge in [-0.05, 0) is 25.0 Å². The second kappa shape index (κ2) is 5.12. The van der Waals surface area contributed by atoms with Gasteiger partial charge in [0.2, 0.25) is 0 Å². The fourth-order valence-corrected chi connectivity index (χ4v) is 2.52. The molecule has 1 atom stereocenters. The molecule has 0 radical (unpaired) electrons. The average Bonchev–Trinajstić information content (AvgIpc) is 2.90. The highest BCUT2D eigenvalue weighted by Gasteiger charge is 2.37. The highest BCUT2D eigenvalue weighted by atomic mass is 19.4. The maximum atomic E-state index is 12.8.